The SMILES string of the molecule is CCOc1c(C)cc(C)cc1C(O)C(N)CCO. The van der Waals surface area contributed by atoms with Gasteiger partial charge in [0.25, 0.3) is 0 Å². The van der Waals surface area contributed by atoms with Gasteiger partial charge in [0.2, 0.25) is 0 Å². The van der Waals surface area contributed by atoms with Gasteiger partial charge in [0, 0.05) is 18.2 Å². The third-order valence-corrected chi connectivity index (χ3v) is 2.92. The van der Waals surface area contributed by atoms with Crippen LogP contribution in [0.5, 0.6) is 5.75 Å². The van der Waals surface area contributed by atoms with Gasteiger partial charge in [-0.2, -0.15) is 0 Å². The number of benzene rings is 1. The lowest BCUT2D eigenvalue weighted by atomic mass is 9.96. The molecule has 102 valence electrons. The summed E-state index contributed by atoms with van der Waals surface area (Å²) in [7, 11) is 0. The van der Waals surface area contributed by atoms with Gasteiger partial charge in [-0.25, -0.2) is 0 Å². The number of hydrogen-bond donors (Lipinski definition) is 3. The molecule has 4 heteroatoms. The molecule has 1 aromatic carbocycles. The molecule has 0 aliphatic rings. The molecule has 1 aromatic rings. The highest BCUT2D eigenvalue weighted by Gasteiger charge is 2.21. The van der Waals surface area contributed by atoms with E-state index in [2.05, 4.69) is 0 Å². The number of nitrogens with two attached hydrogens (primary N) is 1. The molecule has 2 atom stereocenters. The minimum Gasteiger partial charge on any atom is -0.493 e. The fourth-order valence-electron chi connectivity index (χ4n) is 2.09. The summed E-state index contributed by atoms with van der Waals surface area (Å²) >= 11 is 0. The van der Waals surface area contributed by atoms with Crippen LogP contribution >= 0.6 is 0 Å². The first-order valence-corrected chi connectivity index (χ1v) is 6.29. The zero-order valence-corrected chi connectivity index (χ0v) is 11.3. The topological polar surface area (TPSA) is 75.7 Å². The first kappa shape index (κ1) is 15.0. The summed E-state index contributed by atoms with van der Waals surface area (Å²) in [6.07, 6.45) is -0.461. The molecule has 2 unspecified atom stereocenters. The fourth-order valence-corrected chi connectivity index (χ4v) is 2.09. The molecule has 0 fully saturated rings. The summed E-state index contributed by atoms with van der Waals surface area (Å²) in [5.41, 5.74) is 8.61. The summed E-state index contributed by atoms with van der Waals surface area (Å²) in [5.74, 6) is 0.698. The summed E-state index contributed by atoms with van der Waals surface area (Å²) in [4.78, 5) is 0. The zero-order valence-electron chi connectivity index (χ0n) is 11.3. The van der Waals surface area contributed by atoms with Crippen molar-refractivity contribution in [3.63, 3.8) is 0 Å². The Balaban J connectivity index is 3.12. The highest BCUT2D eigenvalue weighted by molar-refractivity contribution is 5.45. The molecule has 18 heavy (non-hydrogen) atoms. The van der Waals surface area contributed by atoms with Crippen LogP contribution in [0.3, 0.4) is 0 Å². The Morgan fingerprint density at radius 2 is 2.00 bits per heavy atom. The van der Waals surface area contributed by atoms with Gasteiger partial charge in [-0.05, 0) is 38.8 Å². The third kappa shape index (κ3) is 3.45. The first-order valence-electron chi connectivity index (χ1n) is 6.29. The number of aliphatic hydroxyl groups is 2. The van der Waals surface area contributed by atoms with Gasteiger partial charge in [0.05, 0.1) is 12.7 Å². The second-order valence-corrected chi connectivity index (χ2v) is 4.55. The van der Waals surface area contributed by atoms with Crippen LogP contribution in [0.4, 0.5) is 0 Å². The normalized spacial score (nSPS) is 14.3. The maximum absolute atomic E-state index is 10.3. The van der Waals surface area contributed by atoms with Crippen LogP contribution in [-0.2, 0) is 0 Å². The average Bonchev–Trinajstić information content (AvgIpc) is 2.31. The molecule has 0 heterocycles. The van der Waals surface area contributed by atoms with Crippen LogP contribution in [-0.4, -0.2) is 29.5 Å². The Bertz CT molecular complexity index is 393. The molecular formula is C14H23NO3. The molecule has 0 bridgehead atoms. The van der Waals surface area contributed by atoms with Crippen LogP contribution in [0, 0.1) is 13.8 Å². The second-order valence-electron chi connectivity index (χ2n) is 4.55. The summed E-state index contributed by atoms with van der Waals surface area (Å²) in [6.45, 7) is 6.33. The quantitative estimate of drug-likeness (QED) is 0.717. The lowest BCUT2D eigenvalue weighted by molar-refractivity contribution is 0.125. The van der Waals surface area contributed by atoms with Crippen molar-refractivity contribution >= 4 is 0 Å². The molecule has 0 aromatic heterocycles. The van der Waals surface area contributed by atoms with E-state index in [0.29, 0.717) is 24.3 Å². The molecule has 0 saturated heterocycles. The number of hydrogen-bond acceptors (Lipinski definition) is 4. The molecule has 0 spiro atoms. The third-order valence-electron chi connectivity index (χ3n) is 2.92. The van der Waals surface area contributed by atoms with Crippen LogP contribution in [0.15, 0.2) is 12.1 Å². The number of rotatable bonds is 6. The zero-order chi connectivity index (χ0) is 13.7. The molecule has 4 N–H and O–H groups in total. The summed E-state index contributed by atoms with van der Waals surface area (Å²) in [6, 6.07) is 3.41. The minimum atomic E-state index is -0.822. The van der Waals surface area contributed by atoms with E-state index in [1.807, 2.05) is 32.9 Å². The van der Waals surface area contributed by atoms with Gasteiger partial charge < -0.3 is 20.7 Å². The van der Waals surface area contributed by atoms with Gasteiger partial charge >= 0.3 is 0 Å². The van der Waals surface area contributed by atoms with Crippen molar-refractivity contribution in [3.8, 4) is 5.75 Å². The molecule has 0 aliphatic carbocycles. The maximum Gasteiger partial charge on any atom is 0.128 e. The average molecular weight is 253 g/mol. The van der Waals surface area contributed by atoms with E-state index in [9.17, 15) is 5.11 Å². The van der Waals surface area contributed by atoms with E-state index in [4.69, 9.17) is 15.6 Å². The van der Waals surface area contributed by atoms with Crippen molar-refractivity contribution in [1.29, 1.82) is 0 Å². The lowest BCUT2D eigenvalue weighted by Gasteiger charge is -2.22. The Hall–Kier alpha value is -1.10. The molecule has 1 rings (SSSR count). The van der Waals surface area contributed by atoms with Crippen molar-refractivity contribution in [2.24, 2.45) is 5.73 Å². The molecule has 0 radical (unpaired) electrons. The highest BCUT2D eigenvalue weighted by atomic mass is 16.5. The van der Waals surface area contributed by atoms with E-state index in [0.717, 1.165) is 11.1 Å². The molecule has 4 nitrogen and oxygen atoms in total. The van der Waals surface area contributed by atoms with Crippen molar-refractivity contribution in [3.05, 3.63) is 28.8 Å². The fraction of sp³-hybridized carbons (Fsp3) is 0.571. The number of ether oxygens (including phenoxy) is 1. The van der Waals surface area contributed by atoms with Gasteiger partial charge in [0.1, 0.15) is 5.75 Å². The van der Waals surface area contributed by atoms with E-state index in [1.54, 1.807) is 0 Å². The standard InChI is InChI=1S/C14H23NO3/c1-4-18-14-10(3)7-9(2)8-11(14)13(17)12(15)5-6-16/h7-8,12-13,16-17H,4-6,15H2,1-3H3. The van der Waals surface area contributed by atoms with Gasteiger partial charge in [0.15, 0.2) is 0 Å². The largest absolute Gasteiger partial charge is 0.493 e. The van der Waals surface area contributed by atoms with E-state index >= 15 is 0 Å². The van der Waals surface area contributed by atoms with Crippen LogP contribution in [0.2, 0.25) is 0 Å². The van der Waals surface area contributed by atoms with Crippen molar-refractivity contribution < 1.29 is 14.9 Å². The van der Waals surface area contributed by atoms with Gasteiger partial charge in [-0.1, -0.05) is 11.6 Å². The van der Waals surface area contributed by atoms with Gasteiger partial charge in [-0.15, -0.1) is 0 Å². The van der Waals surface area contributed by atoms with Crippen LogP contribution in [0.25, 0.3) is 0 Å². The number of aryl methyl sites for hydroxylation is 2. The molecule has 0 amide bonds. The Morgan fingerprint density at radius 3 is 2.56 bits per heavy atom. The van der Waals surface area contributed by atoms with Crippen LogP contribution < -0.4 is 10.5 Å². The van der Waals surface area contributed by atoms with E-state index < -0.39 is 12.1 Å². The Kier molecular flexibility index (Phi) is 5.59. The maximum atomic E-state index is 10.3. The van der Waals surface area contributed by atoms with E-state index in [1.165, 1.54) is 0 Å². The Labute approximate surface area is 108 Å². The smallest absolute Gasteiger partial charge is 0.128 e. The van der Waals surface area contributed by atoms with Crippen molar-refractivity contribution in [1.82, 2.24) is 0 Å². The van der Waals surface area contributed by atoms with E-state index in [-0.39, 0.29) is 6.61 Å². The minimum absolute atomic E-state index is 0.0347. The lowest BCUT2D eigenvalue weighted by Crippen LogP contribution is -2.29. The van der Waals surface area contributed by atoms with Crippen molar-refractivity contribution in [2.75, 3.05) is 13.2 Å². The summed E-state index contributed by atoms with van der Waals surface area (Å²) in [5, 5.41) is 19.2. The molecular weight excluding hydrogens is 230 g/mol. The monoisotopic (exact) mass is 253 g/mol. The second kappa shape index (κ2) is 6.73. The van der Waals surface area contributed by atoms with Gasteiger partial charge in [-0.3, -0.25) is 0 Å². The molecule has 0 saturated carbocycles. The Morgan fingerprint density at radius 1 is 1.33 bits per heavy atom. The highest BCUT2D eigenvalue weighted by Crippen LogP contribution is 2.32. The molecule has 0 aliphatic heterocycles. The van der Waals surface area contributed by atoms with Crippen molar-refractivity contribution in [2.45, 2.75) is 39.3 Å². The van der Waals surface area contributed by atoms with Crippen LogP contribution in [0.1, 0.15) is 36.1 Å². The predicted molar refractivity (Wildman–Crippen MR) is 71.7 cm³/mol. The summed E-state index contributed by atoms with van der Waals surface area (Å²) < 4.78 is 5.59. The number of aliphatic hydroxyl groups excluding tert-OH is 2. The first-order chi connectivity index (χ1) is 8.51. The predicted octanol–water partition coefficient (Wildman–Crippen LogP) is 1.45.